The van der Waals surface area contributed by atoms with Gasteiger partial charge in [0.05, 0.1) is 0 Å². The first kappa shape index (κ1) is 12.7. The highest BCUT2D eigenvalue weighted by molar-refractivity contribution is 5.56. The lowest BCUT2D eigenvalue weighted by atomic mass is 10.1. The Morgan fingerprint density at radius 1 is 1.10 bits per heavy atom. The van der Waals surface area contributed by atoms with Crippen molar-refractivity contribution in [1.82, 2.24) is 0 Å². The molecule has 3 rings (SSSR count). The van der Waals surface area contributed by atoms with Crippen LogP contribution in [-0.2, 0) is 6.54 Å². The summed E-state index contributed by atoms with van der Waals surface area (Å²) >= 11 is 0. The Hall–Kier alpha value is -2.36. The van der Waals surface area contributed by atoms with Gasteiger partial charge in [-0.1, -0.05) is 12.1 Å². The topological polar surface area (TPSA) is 47.7 Å². The summed E-state index contributed by atoms with van der Waals surface area (Å²) in [6.07, 6.45) is 0. The van der Waals surface area contributed by atoms with Gasteiger partial charge in [0.15, 0.2) is 11.5 Å². The van der Waals surface area contributed by atoms with Crippen molar-refractivity contribution < 1.29 is 9.47 Å². The number of ether oxygens (including phenoxy) is 2. The summed E-state index contributed by atoms with van der Waals surface area (Å²) in [6, 6.07) is 14.0. The van der Waals surface area contributed by atoms with Crippen molar-refractivity contribution in [3.05, 3.63) is 48.0 Å². The molecule has 2 aromatic rings. The molecule has 0 unspecified atom stereocenters. The smallest absolute Gasteiger partial charge is 0.231 e. The van der Waals surface area contributed by atoms with E-state index >= 15 is 0 Å². The van der Waals surface area contributed by atoms with Gasteiger partial charge in [-0.25, -0.2) is 0 Å². The molecular formula is C16H18N2O2. The first-order valence-electron chi connectivity index (χ1n) is 6.75. The molecule has 0 saturated carbocycles. The van der Waals surface area contributed by atoms with Crippen LogP contribution in [0.2, 0.25) is 0 Å². The number of benzene rings is 2. The molecule has 0 spiro atoms. The van der Waals surface area contributed by atoms with Crippen LogP contribution in [0, 0.1) is 0 Å². The molecule has 0 radical (unpaired) electrons. The molecule has 2 N–H and O–H groups in total. The maximum absolute atomic E-state index is 5.86. The summed E-state index contributed by atoms with van der Waals surface area (Å²) < 4.78 is 10.8. The summed E-state index contributed by atoms with van der Waals surface area (Å²) in [5.74, 6) is 1.65. The normalized spacial score (nSPS) is 12.4. The average Bonchev–Trinajstić information content (AvgIpc) is 2.92. The Kier molecular flexibility index (Phi) is 3.37. The highest BCUT2D eigenvalue weighted by Crippen LogP contribution is 2.33. The Labute approximate surface area is 118 Å². The Bertz CT molecular complexity index is 613. The molecule has 0 bridgehead atoms. The molecule has 0 amide bonds. The standard InChI is InChI=1S/C16H18N2O2/c1-2-18(14-5-3-4-13(17)9-14)10-12-6-7-15-16(8-12)20-11-19-15/h3-9H,2,10-11,17H2,1H3. The minimum Gasteiger partial charge on any atom is -0.454 e. The van der Waals surface area contributed by atoms with E-state index < -0.39 is 0 Å². The number of fused-ring (bicyclic) bond motifs is 1. The van der Waals surface area contributed by atoms with E-state index in [0.717, 1.165) is 36.0 Å². The molecule has 0 fully saturated rings. The zero-order chi connectivity index (χ0) is 13.9. The van der Waals surface area contributed by atoms with Crippen molar-refractivity contribution >= 4 is 11.4 Å². The molecule has 104 valence electrons. The summed E-state index contributed by atoms with van der Waals surface area (Å²) in [6.45, 7) is 4.18. The second kappa shape index (κ2) is 5.33. The monoisotopic (exact) mass is 270 g/mol. The number of anilines is 2. The Morgan fingerprint density at radius 2 is 1.95 bits per heavy atom. The number of nitrogen functional groups attached to an aromatic ring is 1. The van der Waals surface area contributed by atoms with Crippen molar-refractivity contribution in [2.45, 2.75) is 13.5 Å². The van der Waals surface area contributed by atoms with E-state index in [1.165, 1.54) is 5.56 Å². The quantitative estimate of drug-likeness (QED) is 0.868. The van der Waals surface area contributed by atoms with Gasteiger partial charge in [-0.05, 0) is 42.8 Å². The zero-order valence-electron chi connectivity index (χ0n) is 11.5. The lowest BCUT2D eigenvalue weighted by molar-refractivity contribution is 0.174. The highest BCUT2D eigenvalue weighted by Gasteiger charge is 2.14. The highest BCUT2D eigenvalue weighted by atomic mass is 16.7. The van der Waals surface area contributed by atoms with Crippen LogP contribution in [0.5, 0.6) is 11.5 Å². The summed E-state index contributed by atoms with van der Waals surface area (Å²) in [7, 11) is 0. The van der Waals surface area contributed by atoms with Gasteiger partial charge in [0, 0.05) is 24.5 Å². The van der Waals surface area contributed by atoms with Crippen LogP contribution < -0.4 is 20.1 Å². The molecule has 0 atom stereocenters. The van der Waals surface area contributed by atoms with Crippen LogP contribution in [0.4, 0.5) is 11.4 Å². The molecule has 20 heavy (non-hydrogen) atoms. The van der Waals surface area contributed by atoms with Crippen molar-refractivity contribution in [3.63, 3.8) is 0 Å². The third-order valence-electron chi connectivity index (χ3n) is 3.43. The Morgan fingerprint density at radius 3 is 2.75 bits per heavy atom. The van der Waals surface area contributed by atoms with Gasteiger partial charge in [0.25, 0.3) is 0 Å². The van der Waals surface area contributed by atoms with E-state index in [2.05, 4.69) is 24.0 Å². The lowest BCUT2D eigenvalue weighted by Crippen LogP contribution is -2.21. The zero-order valence-corrected chi connectivity index (χ0v) is 11.5. The second-order valence-corrected chi connectivity index (χ2v) is 4.80. The molecule has 4 heteroatoms. The predicted molar refractivity (Wildman–Crippen MR) is 80.1 cm³/mol. The van der Waals surface area contributed by atoms with E-state index in [1.807, 2.05) is 30.3 Å². The third-order valence-corrected chi connectivity index (χ3v) is 3.43. The minimum atomic E-state index is 0.311. The van der Waals surface area contributed by atoms with Gasteiger partial charge in [0.2, 0.25) is 6.79 Å². The molecule has 2 aromatic carbocycles. The van der Waals surface area contributed by atoms with E-state index in [-0.39, 0.29) is 0 Å². The summed E-state index contributed by atoms with van der Waals surface area (Å²) in [4.78, 5) is 2.27. The van der Waals surface area contributed by atoms with E-state index in [9.17, 15) is 0 Å². The fourth-order valence-corrected chi connectivity index (χ4v) is 2.37. The van der Waals surface area contributed by atoms with Crippen LogP contribution >= 0.6 is 0 Å². The van der Waals surface area contributed by atoms with Gasteiger partial charge in [-0.3, -0.25) is 0 Å². The SMILES string of the molecule is CCN(Cc1ccc2c(c1)OCO2)c1cccc(N)c1. The third kappa shape index (κ3) is 2.50. The van der Waals surface area contributed by atoms with Crippen molar-refractivity contribution in [2.24, 2.45) is 0 Å². The number of nitrogens with zero attached hydrogens (tertiary/aromatic N) is 1. The van der Waals surface area contributed by atoms with Gasteiger partial charge < -0.3 is 20.1 Å². The van der Waals surface area contributed by atoms with Crippen LogP contribution in [0.15, 0.2) is 42.5 Å². The van der Waals surface area contributed by atoms with Gasteiger partial charge in [-0.15, -0.1) is 0 Å². The number of nitrogens with two attached hydrogens (primary N) is 1. The van der Waals surface area contributed by atoms with E-state index in [4.69, 9.17) is 15.2 Å². The molecule has 4 nitrogen and oxygen atoms in total. The first-order valence-corrected chi connectivity index (χ1v) is 6.75. The molecular weight excluding hydrogens is 252 g/mol. The molecule has 1 heterocycles. The number of hydrogen-bond donors (Lipinski definition) is 1. The fourth-order valence-electron chi connectivity index (χ4n) is 2.37. The van der Waals surface area contributed by atoms with Crippen LogP contribution in [-0.4, -0.2) is 13.3 Å². The summed E-state index contributed by atoms with van der Waals surface area (Å²) in [5, 5.41) is 0. The minimum absolute atomic E-state index is 0.311. The van der Waals surface area contributed by atoms with Crippen molar-refractivity contribution in [1.29, 1.82) is 0 Å². The van der Waals surface area contributed by atoms with Crippen molar-refractivity contribution in [3.8, 4) is 11.5 Å². The lowest BCUT2D eigenvalue weighted by Gasteiger charge is -2.23. The second-order valence-electron chi connectivity index (χ2n) is 4.80. The van der Waals surface area contributed by atoms with Gasteiger partial charge in [-0.2, -0.15) is 0 Å². The van der Waals surface area contributed by atoms with E-state index in [0.29, 0.717) is 6.79 Å². The average molecular weight is 270 g/mol. The van der Waals surface area contributed by atoms with Crippen molar-refractivity contribution in [2.75, 3.05) is 24.0 Å². The van der Waals surface area contributed by atoms with Gasteiger partial charge >= 0.3 is 0 Å². The molecule has 0 saturated heterocycles. The first-order chi connectivity index (χ1) is 9.76. The summed E-state index contributed by atoms with van der Waals surface area (Å²) in [5.41, 5.74) is 8.96. The van der Waals surface area contributed by atoms with Gasteiger partial charge in [0.1, 0.15) is 0 Å². The molecule has 0 aromatic heterocycles. The maximum Gasteiger partial charge on any atom is 0.231 e. The molecule has 1 aliphatic rings. The number of rotatable bonds is 4. The predicted octanol–water partition coefficient (Wildman–Crippen LogP) is 3.02. The van der Waals surface area contributed by atoms with Crippen LogP contribution in [0.3, 0.4) is 0 Å². The van der Waals surface area contributed by atoms with Crippen LogP contribution in [0.25, 0.3) is 0 Å². The van der Waals surface area contributed by atoms with E-state index in [1.54, 1.807) is 0 Å². The Balaban J connectivity index is 1.81. The van der Waals surface area contributed by atoms with Crippen LogP contribution in [0.1, 0.15) is 12.5 Å². The largest absolute Gasteiger partial charge is 0.454 e. The number of hydrogen-bond acceptors (Lipinski definition) is 4. The maximum atomic E-state index is 5.86. The molecule has 1 aliphatic heterocycles. The fraction of sp³-hybridized carbons (Fsp3) is 0.250. The molecule has 0 aliphatic carbocycles.